The second kappa shape index (κ2) is 6.28. The Bertz CT molecular complexity index is 294. The van der Waals surface area contributed by atoms with Crippen LogP contribution < -0.4 is 5.32 Å². The molecule has 4 heteroatoms. The van der Waals surface area contributed by atoms with E-state index >= 15 is 0 Å². The molecular formula is C11H20BrN3. The molecule has 0 aliphatic carbocycles. The van der Waals surface area contributed by atoms with Crippen LogP contribution in [0.3, 0.4) is 0 Å². The Hall–Kier alpha value is -0.350. The van der Waals surface area contributed by atoms with Gasteiger partial charge < -0.3 is 5.32 Å². The van der Waals surface area contributed by atoms with Crippen LogP contribution in [0.25, 0.3) is 0 Å². The highest BCUT2D eigenvalue weighted by Gasteiger charge is 2.10. The number of rotatable bonds is 6. The van der Waals surface area contributed by atoms with E-state index in [1.54, 1.807) is 0 Å². The molecule has 0 aliphatic heterocycles. The minimum atomic E-state index is 0.428. The summed E-state index contributed by atoms with van der Waals surface area (Å²) in [7, 11) is 0. The average molecular weight is 274 g/mol. The van der Waals surface area contributed by atoms with E-state index in [0.717, 1.165) is 24.0 Å². The zero-order valence-electron chi connectivity index (χ0n) is 9.76. The fourth-order valence-electron chi connectivity index (χ4n) is 1.55. The van der Waals surface area contributed by atoms with E-state index in [4.69, 9.17) is 0 Å². The van der Waals surface area contributed by atoms with Gasteiger partial charge in [0.1, 0.15) is 0 Å². The lowest BCUT2D eigenvalue weighted by molar-refractivity contribution is 0.503. The van der Waals surface area contributed by atoms with Crippen molar-refractivity contribution < 1.29 is 0 Å². The lowest BCUT2D eigenvalue weighted by atomic mass is 10.3. The molecule has 0 bridgehead atoms. The molecule has 0 amide bonds. The van der Waals surface area contributed by atoms with Gasteiger partial charge >= 0.3 is 0 Å². The Labute approximate surface area is 100 Å². The number of nitrogens with zero attached hydrogens (tertiary/aromatic N) is 2. The molecule has 1 rings (SSSR count). The molecule has 0 saturated heterocycles. The topological polar surface area (TPSA) is 29.9 Å². The monoisotopic (exact) mass is 273 g/mol. The lowest BCUT2D eigenvalue weighted by Crippen LogP contribution is -2.20. The molecule has 15 heavy (non-hydrogen) atoms. The fraction of sp³-hybridized carbons (Fsp3) is 0.727. The van der Waals surface area contributed by atoms with Gasteiger partial charge in [-0.2, -0.15) is 5.10 Å². The molecule has 0 saturated carbocycles. The van der Waals surface area contributed by atoms with Crippen molar-refractivity contribution in [3.05, 3.63) is 16.4 Å². The molecule has 86 valence electrons. The van der Waals surface area contributed by atoms with Gasteiger partial charge in [0.15, 0.2) is 0 Å². The van der Waals surface area contributed by atoms with Crippen LogP contribution in [0.5, 0.6) is 0 Å². The molecular weight excluding hydrogens is 254 g/mol. The quantitative estimate of drug-likeness (QED) is 0.808. The van der Waals surface area contributed by atoms with Gasteiger partial charge in [-0.15, -0.1) is 0 Å². The zero-order valence-corrected chi connectivity index (χ0v) is 11.3. The molecule has 0 fully saturated rings. The van der Waals surface area contributed by atoms with Gasteiger partial charge in [-0.05, 0) is 42.7 Å². The summed E-state index contributed by atoms with van der Waals surface area (Å²) >= 11 is 3.54. The summed E-state index contributed by atoms with van der Waals surface area (Å²) < 4.78 is 3.20. The highest BCUT2D eigenvalue weighted by atomic mass is 79.9. The van der Waals surface area contributed by atoms with Gasteiger partial charge in [0.2, 0.25) is 0 Å². The maximum Gasteiger partial charge on any atom is 0.0635 e. The van der Waals surface area contributed by atoms with Crippen LogP contribution in [0, 0.1) is 0 Å². The van der Waals surface area contributed by atoms with Crippen LogP contribution in [-0.2, 0) is 6.42 Å². The van der Waals surface area contributed by atoms with Gasteiger partial charge in [0.05, 0.1) is 16.4 Å². The molecule has 1 N–H and O–H groups in total. The normalized spacial score (nSPS) is 11.3. The molecule has 0 atom stereocenters. The largest absolute Gasteiger partial charge is 0.316 e. The summed E-state index contributed by atoms with van der Waals surface area (Å²) in [6, 6.07) is 0.428. The van der Waals surface area contributed by atoms with Gasteiger partial charge in [0.25, 0.3) is 0 Å². The standard InChI is InChI=1S/C11H20BrN3/c1-4-6-13-7-5-11-10(12)8-14-15(11)9(2)3/h8-9,13H,4-7H2,1-3H3. The van der Waals surface area contributed by atoms with Crippen LogP contribution in [0.4, 0.5) is 0 Å². The van der Waals surface area contributed by atoms with Crippen molar-refractivity contribution in [2.75, 3.05) is 13.1 Å². The van der Waals surface area contributed by atoms with Crippen LogP contribution in [0.1, 0.15) is 38.9 Å². The number of hydrogen-bond acceptors (Lipinski definition) is 2. The van der Waals surface area contributed by atoms with Gasteiger partial charge in [0, 0.05) is 19.0 Å². The van der Waals surface area contributed by atoms with Gasteiger partial charge in [-0.1, -0.05) is 6.92 Å². The molecule has 0 unspecified atom stereocenters. The molecule has 1 aromatic heterocycles. The first-order valence-electron chi connectivity index (χ1n) is 5.59. The van der Waals surface area contributed by atoms with Crippen molar-refractivity contribution in [1.29, 1.82) is 0 Å². The van der Waals surface area contributed by atoms with Gasteiger partial charge in [-0.25, -0.2) is 0 Å². The minimum absolute atomic E-state index is 0.428. The third-order valence-corrected chi connectivity index (χ3v) is 2.96. The second-order valence-electron chi connectivity index (χ2n) is 3.98. The Kier molecular flexibility index (Phi) is 5.32. The highest BCUT2D eigenvalue weighted by Crippen LogP contribution is 2.19. The molecule has 3 nitrogen and oxygen atoms in total. The summed E-state index contributed by atoms with van der Waals surface area (Å²) in [6.07, 6.45) is 4.10. The Morgan fingerprint density at radius 3 is 2.80 bits per heavy atom. The SMILES string of the molecule is CCCNCCc1c(Br)cnn1C(C)C. The molecule has 0 aliphatic rings. The third kappa shape index (κ3) is 3.61. The van der Waals surface area contributed by atoms with Crippen molar-refractivity contribution in [2.24, 2.45) is 0 Å². The van der Waals surface area contributed by atoms with Crippen molar-refractivity contribution in [2.45, 2.75) is 39.7 Å². The molecule has 0 spiro atoms. The van der Waals surface area contributed by atoms with Crippen molar-refractivity contribution >= 4 is 15.9 Å². The zero-order chi connectivity index (χ0) is 11.3. The van der Waals surface area contributed by atoms with Crippen molar-refractivity contribution in [3.63, 3.8) is 0 Å². The Balaban J connectivity index is 2.54. The molecule has 1 aromatic rings. The van der Waals surface area contributed by atoms with E-state index in [1.807, 2.05) is 6.20 Å². The predicted molar refractivity (Wildman–Crippen MR) is 67.2 cm³/mol. The first-order chi connectivity index (χ1) is 7.16. The minimum Gasteiger partial charge on any atom is -0.316 e. The molecule has 0 radical (unpaired) electrons. The highest BCUT2D eigenvalue weighted by molar-refractivity contribution is 9.10. The lowest BCUT2D eigenvalue weighted by Gasteiger charge is -2.11. The number of aromatic nitrogens is 2. The number of halogens is 1. The number of nitrogens with one attached hydrogen (secondary N) is 1. The summed E-state index contributed by atoms with van der Waals surface area (Å²) in [5.41, 5.74) is 1.29. The molecule has 1 heterocycles. The van der Waals surface area contributed by atoms with E-state index in [2.05, 4.69) is 51.8 Å². The second-order valence-corrected chi connectivity index (χ2v) is 4.83. The van der Waals surface area contributed by atoms with Gasteiger partial charge in [-0.3, -0.25) is 4.68 Å². The van der Waals surface area contributed by atoms with Crippen molar-refractivity contribution in [3.8, 4) is 0 Å². The van der Waals surface area contributed by atoms with E-state index in [-0.39, 0.29) is 0 Å². The maximum atomic E-state index is 4.36. The summed E-state index contributed by atoms with van der Waals surface area (Å²) in [5, 5.41) is 7.76. The number of hydrogen-bond donors (Lipinski definition) is 1. The van der Waals surface area contributed by atoms with Crippen molar-refractivity contribution in [1.82, 2.24) is 15.1 Å². The fourth-order valence-corrected chi connectivity index (χ4v) is 2.03. The summed E-state index contributed by atoms with van der Waals surface area (Å²) in [6.45, 7) is 8.60. The van der Waals surface area contributed by atoms with E-state index < -0.39 is 0 Å². The third-order valence-electron chi connectivity index (χ3n) is 2.30. The van der Waals surface area contributed by atoms with Crippen LogP contribution in [0.15, 0.2) is 10.7 Å². The first kappa shape index (κ1) is 12.7. The summed E-state index contributed by atoms with van der Waals surface area (Å²) in [5.74, 6) is 0. The van der Waals surface area contributed by atoms with E-state index in [1.165, 1.54) is 12.1 Å². The average Bonchev–Trinajstić information content (AvgIpc) is 2.55. The Morgan fingerprint density at radius 1 is 1.47 bits per heavy atom. The maximum absolute atomic E-state index is 4.36. The van der Waals surface area contributed by atoms with Crippen LogP contribution in [-0.4, -0.2) is 22.9 Å². The van der Waals surface area contributed by atoms with E-state index in [9.17, 15) is 0 Å². The predicted octanol–water partition coefficient (Wildman–Crippen LogP) is 2.77. The van der Waals surface area contributed by atoms with E-state index in [0.29, 0.717) is 6.04 Å². The molecule has 0 aromatic carbocycles. The first-order valence-corrected chi connectivity index (χ1v) is 6.38. The smallest absolute Gasteiger partial charge is 0.0635 e. The van der Waals surface area contributed by atoms with Crippen LogP contribution in [0.2, 0.25) is 0 Å². The Morgan fingerprint density at radius 2 is 2.20 bits per heavy atom. The van der Waals surface area contributed by atoms with Crippen LogP contribution >= 0.6 is 15.9 Å². The summed E-state index contributed by atoms with van der Waals surface area (Å²) in [4.78, 5) is 0.